The Morgan fingerprint density at radius 1 is 1.29 bits per heavy atom. The molecule has 2 rings (SSSR count). The number of carbonyl (C=O) groups is 1. The number of rotatable bonds is 6. The lowest BCUT2D eigenvalue weighted by Crippen LogP contribution is -2.42. The number of guanidine groups is 1. The SMILES string of the molecule is CN=C(NCCC(=O)OC)NCC1(c2ccccc2)CC1. The van der Waals surface area contributed by atoms with Gasteiger partial charge in [0.25, 0.3) is 0 Å². The molecule has 1 saturated carbocycles. The molecule has 5 heteroatoms. The van der Waals surface area contributed by atoms with Crippen LogP contribution < -0.4 is 10.6 Å². The lowest BCUT2D eigenvalue weighted by atomic mass is 9.96. The average Bonchev–Trinajstić information content (AvgIpc) is 3.32. The van der Waals surface area contributed by atoms with E-state index in [4.69, 9.17) is 0 Å². The Morgan fingerprint density at radius 3 is 2.57 bits per heavy atom. The van der Waals surface area contributed by atoms with E-state index in [1.807, 2.05) is 6.07 Å². The van der Waals surface area contributed by atoms with Gasteiger partial charge in [-0.2, -0.15) is 0 Å². The number of ether oxygens (including phenoxy) is 1. The van der Waals surface area contributed by atoms with Crippen molar-refractivity contribution in [2.75, 3.05) is 27.2 Å². The molecule has 1 fully saturated rings. The molecule has 0 atom stereocenters. The summed E-state index contributed by atoms with van der Waals surface area (Å²) in [4.78, 5) is 15.2. The second-order valence-electron chi connectivity index (χ2n) is 5.33. The molecule has 2 N–H and O–H groups in total. The molecule has 0 spiro atoms. The normalized spacial score (nSPS) is 16.2. The Labute approximate surface area is 125 Å². The van der Waals surface area contributed by atoms with Crippen molar-refractivity contribution in [3.63, 3.8) is 0 Å². The minimum atomic E-state index is -0.221. The van der Waals surface area contributed by atoms with Crippen LogP contribution in [-0.4, -0.2) is 39.2 Å². The molecule has 0 bridgehead atoms. The van der Waals surface area contributed by atoms with Crippen LogP contribution in [0.2, 0.25) is 0 Å². The summed E-state index contributed by atoms with van der Waals surface area (Å²) in [5, 5.41) is 6.47. The first kappa shape index (κ1) is 15.4. The highest BCUT2D eigenvalue weighted by atomic mass is 16.5. The van der Waals surface area contributed by atoms with E-state index in [1.165, 1.54) is 25.5 Å². The van der Waals surface area contributed by atoms with Gasteiger partial charge in [-0.25, -0.2) is 0 Å². The van der Waals surface area contributed by atoms with Gasteiger partial charge >= 0.3 is 5.97 Å². The van der Waals surface area contributed by atoms with Crippen molar-refractivity contribution in [3.05, 3.63) is 35.9 Å². The second-order valence-corrected chi connectivity index (χ2v) is 5.33. The van der Waals surface area contributed by atoms with Crippen LogP contribution in [-0.2, 0) is 14.9 Å². The molecule has 0 radical (unpaired) electrons. The molecule has 1 aromatic rings. The molecule has 0 heterocycles. The molecule has 0 amide bonds. The van der Waals surface area contributed by atoms with Crippen molar-refractivity contribution >= 4 is 11.9 Å². The molecular formula is C16H23N3O2. The molecule has 1 aromatic carbocycles. The molecule has 0 aliphatic heterocycles. The number of hydrogen-bond donors (Lipinski definition) is 2. The summed E-state index contributed by atoms with van der Waals surface area (Å²) >= 11 is 0. The van der Waals surface area contributed by atoms with Crippen molar-refractivity contribution in [2.45, 2.75) is 24.7 Å². The molecule has 1 aliphatic carbocycles. The lowest BCUT2D eigenvalue weighted by Gasteiger charge is -2.19. The van der Waals surface area contributed by atoms with Gasteiger partial charge in [0, 0.05) is 25.6 Å². The fraction of sp³-hybridized carbons (Fsp3) is 0.500. The molecule has 0 unspecified atom stereocenters. The maximum atomic E-state index is 11.1. The lowest BCUT2D eigenvalue weighted by molar-refractivity contribution is -0.140. The zero-order valence-electron chi connectivity index (χ0n) is 12.7. The van der Waals surface area contributed by atoms with Crippen molar-refractivity contribution < 1.29 is 9.53 Å². The number of nitrogens with one attached hydrogen (secondary N) is 2. The van der Waals surface area contributed by atoms with Crippen LogP contribution in [0.15, 0.2) is 35.3 Å². The number of esters is 1. The first-order valence-corrected chi connectivity index (χ1v) is 7.27. The molecule has 0 saturated heterocycles. The van der Waals surface area contributed by atoms with Crippen LogP contribution in [0.3, 0.4) is 0 Å². The Balaban J connectivity index is 1.80. The van der Waals surface area contributed by atoms with Gasteiger partial charge in [-0.3, -0.25) is 9.79 Å². The molecule has 1 aliphatic rings. The van der Waals surface area contributed by atoms with Gasteiger partial charge in [0.2, 0.25) is 0 Å². The van der Waals surface area contributed by atoms with Crippen LogP contribution in [0.1, 0.15) is 24.8 Å². The van der Waals surface area contributed by atoms with E-state index in [-0.39, 0.29) is 11.4 Å². The zero-order valence-corrected chi connectivity index (χ0v) is 12.7. The number of nitrogens with zero attached hydrogens (tertiary/aromatic N) is 1. The highest BCUT2D eigenvalue weighted by Crippen LogP contribution is 2.47. The summed E-state index contributed by atoms with van der Waals surface area (Å²) < 4.78 is 4.61. The van der Waals surface area contributed by atoms with E-state index in [0.29, 0.717) is 13.0 Å². The first-order chi connectivity index (χ1) is 10.2. The Morgan fingerprint density at radius 2 is 2.00 bits per heavy atom. The van der Waals surface area contributed by atoms with Crippen LogP contribution in [0, 0.1) is 0 Å². The summed E-state index contributed by atoms with van der Waals surface area (Å²) in [6.45, 7) is 1.37. The van der Waals surface area contributed by atoms with Crippen LogP contribution in [0.5, 0.6) is 0 Å². The summed E-state index contributed by atoms with van der Waals surface area (Å²) in [6, 6.07) is 10.6. The number of carbonyl (C=O) groups excluding carboxylic acids is 1. The Kier molecular flexibility index (Phi) is 5.20. The van der Waals surface area contributed by atoms with E-state index < -0.39 is 0 Å². The third-order valence-corrected chi connectivity index (χ3v) is 3.91. The zero-order chi connectivity index (χ0) is 15.1. The Hall–Kier alpha value is -2.04. The van der Waals surface area contributed by atoms with Crippen LogP contribution in [0.25, 0.3) is 0 Å². The summed E-state index contributed by atoms with van der Waals surface area (Å²) in [5.74, 6) is 0.502. The average molecular weight is 289 g/mol. The molecule has 0 aromatic heterocycles. The maximum absolute atomic E-state index is 11.1. The van der Waals surface area contributed by atoms with E-state index in [2.05, 4.69) is 44.6 Å². The third-order valence-electron chi connectivity index (χ3n) is 3.91. The highest BCUT2D eigenvalue weighted by molar-refractivity contribution is 5.80. The van der Waals surface area contributed by atoms with Gasteiger partial charge in [-0.05, 0) is 18.4 Å². The van der Waals surface area contributed by atoms with Gasteiger partial charge in [-0.15, -0.1) is 0 Å². The predicted octanol–water partition coefficient (Wildman–Crippen LogP) is 1.45. The van der Waals surface area contributed by atoms with E-state index in [1.54, 1.807) is 7.05 Å². The van der Waals surface area contributed by atoms with Gasteiger partial charge in [0.05, 0.1) is 13.5 Å². The first-order valence-electron chi connectivity index (χ1n) is 7.27. The molecule has 21 heavy (non-hydrogen) atoms. The Bertz CT molecular complexity index is 496. The van der Waals surface area contributed by atoms with Gasteiger partial charge in [-0.1, -0.05) is 30.3 Å². The standard InChI is InChI=1S/C16H23N3O2/c1-17-15(18-11-8-14(20)21-2)19-12-16(9-10-16)13-6-4-3-5-7-13/h3-7H,8-12H2,1-2H3,(H2,17,18,19). The second kappa shape index (κ2) is 7.11. The van der Waals surface area contributed by atoms with Gasteiger partial charge < -0.3 is 15.4 Å². The van der Waals surface area contributed by atoms with E-state index >= 15 is 0 Å². The van der Waals surface area contributed by atoms with Crippen molar-refractivity contribution in [2.24, 2.45) is 4.99 Å². The fourth-order valence-corrected chi connectivity index (χ4v) is 2.37. The topological polar surface area (TPSA) is 62.7 Å². The number of aliphatic imine (C=N–C) groups is 1. The summed E-state index contributed by atoms with van der Waals surface area (Å²) in [6.07, 6.45) is 2.73. The molecule has 5 nitrogen and oxygen atoms in total. The molecule has 114 valence electrons. The smallest absolute Gasteiger partial charge is 0.307 e. The predicted molar refractivity (Wildman–Crippen MR) is 83.4 cm³/mol. The van der Waals surface area contributed by atoms with Crippen LogP contribution in [0.4, 0.5) is 0 Å². The number of hydrogen-bond acceptors (Lipinski definition) is 3. The number of methoxy groups -OCH3 is 1. The quantitative estimate of drug-likeness (QED) is 0.473. The van der Waals surface area contributed by atoms with E-state index in [9.17, 15) is 4.79 Å². The minimum absolute atomic E-state index is 0.221. The summed E-state index contributed by atoms with van der Waals surface area (Å²) in [5.41, 5.74) is 1.61. The minimum Gasteiger partial charge on any atom is -0.469 e. The molecular weight excluding hydrogens is 266 g/mol. The van der Waals surface area contributed by atoms with Gasteiger partial charge in [0.15, 0.2) is 5.96 Å². The largest absolute Gasteiger partial charge is 0.469 e. The van der Waals surface area contributed by atoms with Crippen molar-refractivity contribution in [1.82, 2.24) is 10.6 Å². The van der Waals surface area contributed by atoms with Crippen molar-refractivity contribution in [1.29, 1.82) is 0 Å². The fourth-order valence-electron chi connectivity index (χ4n) is 2.37. The number of benzene rings is 1. The van der Waals surface area contributed by atoms with E-state index in [0.717, 1.165) is 12.5 Å². The third kappa shape index (κ3) is 4.21. The van der Waals surface area contributed by atoms with Crippen molar-refractivity contribution in [3.8, 4) is 0 Å². The van der Waals surface area contributed by atoms with Gasteiger partial charge in [0.1, 0.15) is 0 Å². The van der Waals surface area contributed by atoms with Crippen LogP contribution >= 0.6 is 0 Å². The summed E-state index contributed by atoms with van der Waals surface area (Å²) in [7, 11) is 3.13. The monoisotopic (exact) mass is 289 g/mol. The highest BCUT2D eigenvalue weighted by Gasteiger charge is 2.43. The maximum Gasteiger partial charge on any atom is 0.307 e.